The lowest BCUT2D eigenvalue weighted by molar-refractivity contribution is 0.412. The van der Waals surface area contributed by atoms with Crippen molar-refractivity contribution in [1.82, 2.24) is 4.98 Å². The first-order valence-corrected chi connectivity index (χ1v) is 6.03. The first-order valence-electron chi connectivity index (χ1n) is 5.65. The largest absolute Gasteiger partial charge is 0.497 e. The average molecular weight is 241 g/mol. The highest BCUT2D eigenvalue weighted by Gasteiger charge is 2.17. The maximum atomic E-state index is 5.96. The van der Waals surface area contributed by atoms with Gasteiger partial charge in [0.25, 0.3) is 0 Å². The van der Waals surface area contributed by atoms with Crippen molar-refractivity contribution >= 4 is 17.4 Å². The van der Waals surface area contributed by atoms with Gasteiger partial charge in [-0.15, -0.1) is 0 Å². The van der Waals surface area contributed by atoms with Gasteiger partial charge >= 0.3 is 0 Å². The van der Waals surface area contributed by atoms with Crippen molar-refractivity contribution in [2.75, 3.05) is 25.1 Å². The molecular weight excluding hydrogens is 224 g/mol. The third-order valence-electron chi connectivity index (χ3n) is 3.10. The van der Waals surface area contributed by atoms with Gasteiger partial charge in [0, 0.05) is 25.2 Å². The molecule has 4 heteroatoms. The summed E-state index contributed by atoms with van der Waals surface area (Å²) in [5, 5.41) is 0.493. The predicted octanol–water partition coefficient (Wildman–Crippen LogP) is 2.98. The number of rotatable bonds is 2. The molecular formula is C12H17ClN2O. The lowest BCUT2D eigenvalue weighted by Crippen LogP contribution is -2.33. The molecule has 1 saturated heterocycles. The number of nitrogens with zero attached hydrogens (tertiary/aromatic N) is 2. The second-order valence-electron chi connectivity index (χ2n) is 4.36. The molecule has 0 aromatic carbocycles. The Hall–Kier alpha value is -0.960. The summed E-state index contributed by atoms with van der Waals surface area (Å²) >= 11 is 5.96. The lowest BCUT2D eigenvalue weighted by Gasteiger charge is -2.31. The zero-order valence-corrected chi connectivity index (χ0v) is 10.5. The summed E-state index contributed by atoms with van der Waals surface area (Å²) in [7, 11) is 1.65. The van der Waals surface area contributed by atoms with Gasteiger partial charge in [0.15, 0.2) is 0 Å². The predicted molar refractivity (Wildman–Crippen MR) is 66.4 cm³/mol. The van der Waals surface area contributed by atoms with E-state index in [4.69, 9.17) is 16.3 Å². The molecule has 0 N–H and O–H groups in total. The van der Waals surface area contributed by atoms with Crippen molar-refractivity contribution in [3.05, 3.63) is 17.3 Å². The number of methoxy groups -OCH3 is 1. The molecule has 0 unspecified atom stereocenters. The van der Waals surface area contributed by atoms with Crippen LogP contribution < -0.4 is 9.64 Å². The molecule has 16 heavy (non-hydrogen) atoms. The molecule has 1 aliphatic rings. The minimum absolute atomic E-state index is 0.493. The van der Waals surface area contributed by atoms with Gasteiger partial charge in [-0.2, -0.15) is 0 Å². The molecule has 0 amide bonds. The number of aromatic nitrogens is 1. The van der Waals surface area contributed by atoms with Gasteiger partial charge in [0.05, 0.1) is 7.11 Å². The van der Waals surface area contributed by atoms with Gasteiger partial charge in [0.2, 0.25) is 0 Å². The molecule has 0 saturated carbocycles. The van der Waals surface area contributed by atoms with E-state index in [0.717, 1.165) is 30.6 Å². The molecule has 1 fully saturated rings. The molecule has 1 aromatic rings. The van der Waals surface area contributed by atoms with Crippen molar-refractivity contribution in [2.24, 2.45) is 5.92 Å². The molecule has 0 spiro atoms. The fourth-order valence-electron chi connectivity index (χ4n) is 1.98. The number of hydrogen-bond acceptors (Lipinski definition) is 3. The smallest absolute Gasteiger partial charge is 0.135 e. The minimum atomic E-state index is 0.493. The van der Waals surface area contributed by atoms with E-state index in [1.807, 2.05) is 6.07 Å². The van der Waals surface area contributed by atoms with Gasteiger partial charge in [-0.25, -0.2) is 4.98 Å². The Bertz CT molecular complexity index is 362. The Morgan fingerprint density at radius 3 is 2.69 bits per heavy atom. The Balaban J connectivity index is 2.16. The highest BCUT2D eigenvalue weighted by molar-refractivity contribution is 6.29. The lowest BCUT2D eigenvalue weighted by atomic mass is 9.99. The molecule has 0 bridgehead atoms. The van der Waals surface area contributed by atoms with Gasteiger partial charge < -0.3 is 9.64 Å². The minimum Gasteiger partial charge on any atom is -0.497 e. The van der Waals surface area contributed by atoms with E-state index in [-0.39, 0.29) is 0 Å². The van der Waals surface area contributed by atoms with Crippen LogP contribution in [0.4, 0.5) is 5.82 Å². The first kappa shape index (κ1) is 11.5. The van der Waals surface area contributed by atoms with Crippen LogP contribution in [0.1, 0.15) is 19.8 Å². The molecule has 0 radical (unpaired) electrons. The van der Waals surface area contributed by atoms with Crippen LogP contribution in [0.25, 0.3) is 0 Å². The van der Waals surface area contributed by atoms with E-state index in [9.17, 15) is 0 Å². The molecule has 0 aliphatic carbocycles. The molecule has 2 heterocycles. The van der Waals surface area contributed by atoms with Crippen LogP contribution in [0.15, 0.2) is 12.1 Å². The van der Waals surface area contributed by atoms with Gasteiger partial charge in [0.1, 0.15) is 16.7 Å². The number of ether oxygens (including phenoxy) is 1. The second-order valence-corrected chi connectivity index (χ2v) is 4.74. The standard InChI is InChI=1S/C12H17ClN2O/c1-9-3-5-15(6-4-9)12-8-10(16-2)7-11(13)14-12/h7-9H,3-6H2,1-2H3. The molecule has 0 atom stereocenters. The second kappa shape index (κ2) is 4.91. The summed E-state index contributed by atoms with van der Waals surface area (Å²) in [5.74, 6) is 2.52. The highest BCUT2D eigenvalue weighted by Crippen LogP contribution is 2.26. The van der Waals surface area contributed by atoms with Gasteiger partial charge in [-0.3, -0.25) is 0 Å². The maximum Gasteiger partial charge on any atom is 0.135 e. The Labute approximate surface area is 101 Å². The van der Waals surface area contributed by atoms with Gasteiger partial charge in [-0.1, -0.05) is 18.5 Å². The van der Waals surface area contributed by atoms with Crippen molar-refractivity contribution in [1.29, 1.82) is 0 Å². The Morgan fingerprint density at radius 2 is 2.06 bits per heavy atom. The van der Waals surface area contributed by atoms with E-state index in [0.29, 0.717) is 5.15 Å². The van der Waals surface area contributed by atoms with Crippen LogP contribution in [0, 0.1) is 5.92 Å². The fraction of sp³-hybridized carbons (Fsp3) is 0.583. The third kappa shape index (κ3) is 2.59. The van der Waals surface area contributed by atoms with Crippen molar-refractivity contribution in [3.8, 4) is 5.75 Å². The number of piperidine rings is 1. The van der Waals surface area contributed by atoms with E-state index in [1.165, 1.54) is 12.8 Å². The number of pyridine rings is 1. The van der Waals surface area contributed by atoms with Crippen LogP contribution in [0.3, 0.4) is 0 Å². The van der Waals surface area contributed by atoms with E-state index in [1.54, 1.807) is 13.2 Å². The number of anilines is 1. The Morgan fingerprint density at radius 1 is 1.38 bits per heavy atom. The van der Waals surface area contributed by atoms with Crippen LogP contribution in [-0.4, -0.2) is 25.2 Å². The SMILES string of the molecule is COc1cc(Cl)nc(N2CCC(C)CC2)c1. The van der Waals surface area contributed by atoms with Crippen LogP contribution in [0.5, 0.6) is 5.75 Å². The molecule has 88 valence electrons. The van der Waals surface area contributed by atoms with Crippen molar-refractivity contribution in [3.63, 3.8) is 0 Å². The van der Waals surface area contributed by atoms with Crippen LogP contribution in [-0.2, 0) is 0 Å². The normalized spacial score (nSPS) is 17.6. The molecule has 1 aliphatic heterocycles. The maximum absolute atomic E-state index is 5.96. The summed E-state index contributed by atoms with van der Waals surface area (Å²) in [4.78, 5) is 6.61. The molecule has 1 aromatic heterocycles. The average Bonchev–Trinajstić information content (AvgIpc) is 2.29. The number of halogens is 1. The van der Waals surface area contributed by atoms with E-state index >= 15 is 0 Å². The molecule has 2 rings (SSSR count). The van der Waals surface area contributed by atoms with Crippen molar-refractivity contribution in [2.45, 2.75) is 19.8 Å². The quantitative estimate of drug-likeness (QED) is 0.744. The number of hydrogen-bond donors (Lipinski definition) is 0. The fourth-order valence-corrected chi connectivity index (χ4v) is 2.17. The van der Waals surface area contributed by atoms with Crippen LogP contribution >= 0.6 is 11.6 Å². The zero-order valence-electron chi connectivity index (χ0n) is 9.74. The highest BCUT2D eigenvalue weighted by atomic mass is 35.5. The van der Waals surface area contributed by atoms with Gasteiger partial charge in [-0.05, 0) is 18.8 Å². The van der Waals surface area contributed by atoms with E-state index < -0.39 is 0 Å². The Kier molecular flexibility index (Phi) is 3.54. The first-order chi connectivity index (χ1) is 7.69. The zero-order chi connectivity index (χ0) is 11.5. The van der Waals surface area contributed by atoms with Crippen LogP contribution in [0.2, 0.25) is 5.15 Å². The van der Waals surface area contributed by atoms with Crippen molar-refractivity contribution < 1.29 is 4.74 Å². The summed E-state index contributed by atoms with van der Waals surface area (Å²) in [6, 6.07) is 3.68. The molecule has 3 nitrogen and oxygen atoms in total. The summed E-state index contributed by atoms with van der Waals surface area (Å²) in [6.45, 7) is 4.40. The topological polar surface area (TPSA) is 25.4 Å². The third-order valence-corrected chi connectivity index (χ3v) is 3.29. The summed E-state index contributed by atoms with van der Waals surface area (Å²) in [5.41, 5.74) is 0. The monoisotopic (exact) mass is 240 g/mol. The van der Waals surface area contributed by atoms with E-state index in [2.05, 4.69) is 16.8 Å². The summed E-state index contributed by atoms with van der Waals surface area (Å²) in [6.07, 6.45) is 2.44. The summed E-state index contributed by atoms with van der Waals surface area (Å²) < 4.78 is 5.20.